The van der Waals surface area contributed by atoms with Crippen LogP contribution in [0.25, 0.3) is 11.3 Å². The second kappa shape index (κ2) is 9.26. The summed E-state index contributed by atoms with van der Waals surface area (Å²) in [6.07, 6.45) is 1.79. The van der Waals surface area contributed by atoms with E-state index in [0.29, 0.717) is 0 Å². The van der Waals surface area contributed by atoms with Gasteiger partial charge in [0.05, 0.1) is 37.8 Å². The maximum absolute atomic E-state index is 10.6. The van der Waals surface area contributed by atoms with Crippen LogP contribution in [0.2, 0.25) is 0 Å². The smallest absolute Gasteiger partial charge is 0.475 e. The molecule has 9 nitrogen and oxygen atoms in total. The number of halogens is 3. The number of aromatic nitrogens is 4. The number of aliphatic carboxylic acids is 1. The van der Waals surface area contributed by atoms with E-state index in [4.69, 9.17) is 24.0 Å². The van der Waals surface area contributed by atoms with Crippen LogP contribution in [0.15, 0.2) is 35.1 Å². The summed E-state index contributed by atoms with van der Waals surface area (Å²) in [6, 6.07) is 4.11. The molecule has 184 valence electrons. The van der Waals surface area contributed by atoms with Crippen molar-refractivity contribution in [2.75, 3.05) is 26.3 Å². The van der Waals surface area contributed by atoms with E-state index in [2.05, 4.69) is 20.6 Å². The predicted octanol–water partition coefficient (Wildman–Crippen LogP) is 2.89. The molecule has 1 atom stereocenters. The van der Waals surface area contributed by atoms with E-state index >= 15 is 0 Å². The topological polar surface area (TPSA) is 98.5 Å². The number of aryl methyl sites for hydroxylation is 2. The van der Waals surface area contributed by atoms with Gasteiger partial charge in [-0.15, -0.1) is 0 Å². The Bertz CT molecular complexity index is 1150. The standard InChI is InChI=1S/C20H25N5O2.C2HF3O2/c1-15-3-4-17(27-15)11-24-5-6-26-14-20(12-24)7-19-21-9-18(25(19)13-20)16-8-22-23(2)10-16;3-2(4,5)1(6)7/h3-4,8-10H,5-7,11-14H2,1-2H3;(H,6,7). The molecule has 0 amide bonds. The van der Waals surface area contributed by atoms with Gasteiger partial charge < -0.3 is 18.8 Å². The first-order valence-electron chi connectivity index (χ1n) is 10.7. The van der Waals surface area contributed by atoms with Crippen molar-refractivity contribution in [2.24, 2.45) is 12.5 Å². The van der Waals surface area contributed by atoms with Crippen molar-refractivity contribution in [3.63, 3.8) is 0 Å². The number of nitrogens with zero attached hydrogens (tertiary/aromatic N) is 5. The van der Waals surface area contributed by atoms with Crippen molar-refractivity contribution < 1.29 is 32.2 Å². The fraction of sp³-hybridized carbons (Fsp3) is 0.500. The van der Waals surface area contributed by atoms with Crippen LogP contribution < -0.4 is 0 Å². The minimum atomic E-state index is -5.08. The molecule has 0 saturated carbocycles. The number of carbonyl (C=O) groups is 1. The van der Waals surface area contributed by atoms with Gasteiger partial charge in [-0.25, -0.2) is 9.78 Å². The van der Waals surface area contributed by atoms with Crippen LogP contribution in [0.5, 0.6) is 0 Å². The average molecular weight is 481 g/mol. The SMILES string of the molecule is Cc1ccc(CN2CCOCC3(Cc4ncc(-c5cnn(C)c5)n4C3)C2)o1.O=C(O)C(F)(F)F. The Kier molecular flexibility index (Phi) is 6.54. The summed E-state index contributed by atoms with van der Waals surface area (Å²) in [4.78, 5) is 16.1. The van der Waals surface area contributed by atoms with Gasteiger partial charge in [0.15, 0.2) is 0 Å². The molecule has 34 heavy (non-hydrogen) atoms. The molecule has 3 aromatic heterocycles. The lowest BCUT2D eigenvalue weighted by molar-refractivity contribution is -0.192. The zero-order valence-electron chi connectivity index (χ0n) is 18.9. The number of hydrogen-bond donors (Lipinski definition) is 1. The third kappa shape index (κ3) is 5.33. The van der Waals surface area contributed by atoms with E-state index in [1.807, 2.05) is 43.3 Å². The molecule has 1 unspecified atom stereocenters. The molecule has 3 aromatic rings. The Hall–Kier alpha value is -3.12. The quantitative estimate of drug-likeness (QED) is 0.614. The molecule has 0 aromatic carbocycles. The number of fused-ring (bicyclic) bond motifs is 1. The van der Waals surface area contributed by atoms with Crippen molar-refractivity contribution in [1.82, 2.24) is 24.2 Å². The van der Waals surface area contributed by atoms with Crippen LogP contribution in [0.3, 0.4) is 0 Å². The summed E-state index contributed by atoms with van der Waals surface area (Å²) in [6.45, 7) is 7.21. The normalized spacial score (nSPS) is 20.6. The molecular formula is C22H26F3N5O4. The molecule has 1 saturated heterocycles. The summed E-state index contributed by atoms with van der Waals surface area (Å²) in [7, 11) is 1.94. The number of imidazole rings is 1. The molecule has 0 radical (unpaired) electrons. The van der Waals surface area contributed by atoms with Gasteiger partial charge in [-0.3, -0.25) is 9.58 Å². The highest BCUT2D eigenvalue weighted by molar-refractivity contribution is 5.73. The second-order valence-electron chi connectivity index (χ2n) is 8.80. The van der Waals surface area contributed by atoms with Crippen molar-refractivity contribution >= 4 is 5.97 Å². The molecular weight excluding hydrogens is 455 g/mol. The Morgan fingerprint density at radius 3 is 2.65 bits per heavy atom. The first-order valence-corrected chi connectivity index (χ1v) is 10.7. The lowest BCUT2D eigenvalue weighted by Gasteiger charge is -2.30. The molecule has 5 heterocycles. The van der Waals surface area contributed by atoms with Crippen molar-refractivity contribution in [1.29, 1.82) is 0 Å². The summed E-state index contributed by atoms with van der Waals surface area (Å²) >= 11 is 0. The van der Waals surface area contributed by atoms with Gasteiger partial charge in [0.1, 0.15) is 17.3 Å². The maximum atomic E-state index is 10.6. The van der Waals surface area contributed by atoms with E-state index in [-0.39, 0.29) is 5.41 Å². The number of hydrogen-bond acceptors (Lipinski definition) is 6. The Labute approximate surface area is 193 Å². The zero-order valence-corrected chi connectivity index (χ0v) is 18.9. The Morgan fingerprint density at radius 2 is 2.03 bits per heavy atom. The van der Waals surface area contributed by atoms with Crippen molar-refractivity contribution in [2.45, 2.75) is 32.6 Å². The molecule has 1 fully saturated rings. The first kappa shape index (κ1) is 24.0. The van der Waals surface area contributed by atoms with E-state index in [9.17, 15) is 13.2 Å². The maximum Gasteiger partial charge on any atom is 0.490 e. The molecule has 5 rings (SSSR count). The van der Waals surface area contributed by atoms with Crippen LogP contribution in [-0.4, -0.2) is 67.8 Å². The minimum absolute atomic E-state index is 0.0681. The van der Waals surface area contributed by atoms with Crippen LogP contribution in [0.4, 0.5) is 13.2 Å². The molecule has 2 aliphatic heterocycles. The fourth-order valence-corrected chi connectivity index (χ4v) is 4.45. The monoisotopic (exact) mass is 481 g/mol. The van der Waals surface area contributed by atoms with Gasteiger partial charge in [-0.1, -0.05) is 0 Å². The summed E-state index contributed by atoms with van der Waals surface area (Å²) < 4.78 is 47.7. The number of ether oxygens (including phenoxy) is 1. The van der Waals surface area contributed by atoms with Gasteiger partial charge in [0, 0.05) is 50.3 Å². The summed E-state index contributed by atoms with van der Waals surface area (Å²) in [5, 5.41) is 11.4. The van der Waals surface area contributed by atoms with E-state index in [1.54, 1.807) is 0 Å². The minimum Gasteiger partial charge on any atom is -0.475 e. The van der Waals surface area contributed by atoms with Crippen LogP contribution in [0.1, 0.15) is 17.3 Å². The third-order valence-electron chi connectivity index (χ3n) is 5.90. The van der Waals surface area contributed by atoms with Crippen molar-refractivity contribution in [3.05, 3.63) is 48.1 Å². The number of alkyl halides is 3. The van der Waals surface area contributed by atoms with Gasteiger partial charge >= 0.3 is 12.1 Å². The number of rotatable bonds is 3. The zero-order chi connectivity index (χ0) is 24.5. The van der Waals surface area contributed by atoms with Crippen molar-refractivity contribution in [3.8, 4) is 11.3 Å². The van der Waals surface area contributed by atoms with E-state index < -0.39 is 12.1 Å². The van der Waals surface area contributed by atoms with Crippen LogP contribution in [-0.2, 0) is 36.1 Å². The Morgan fingerprint density at radius 1 is 1.26 bits per heavy atom. The second-order valence-corrected chi connectivity index (χ2v) is 8.80. The van der Waals surface area contributed by atoms with Gasteiger partial charge in [-0.05, 0) is 19.1 Å². The predicted molar refractivity (Wildman–Crippen MR) is 114 cm³/mol. The van der Waals surface area contributed by atoms with E-state index in [1.165, 1.54) is 0 Å². The molecule has 1 spiro atoms. The van der Waals surface area contributed by atoms with Crippen LogP contribution >= 0.6 is 0 Å². The Balaban J connectivity index is 0.000000344. The highest BCUT2D eigenvalue weighted by Gasteiger charge is 2.42. The summed E-state index contributed by atoms with van der Waals surface area (Å²) in [5.74, 6) is 0.380. The number of furan rings is 1. The summed E-state index contributed by atoms with van der Waals surface area (Å²) in [5.41, 5.74) is 2.33. The average Bonchev–Trinajstić information content (AvgIpc) is 3.48. The van der Waals surface area contributed by atoms with Gasteiger partial charge in [0.2, 0.25) is 0 Å². The first-order chi connectivity index (χ1) is 16.0. The molecule has 2 aliphatic rings. The number of carboxylic acids is 1. The lowest BCUT2D eigenvalue weighted by Crippen LogP contribution is -2.39. The lowest BCUT2D eigenvalue weighted by atomic mass is 9.86. The molecule has 0 aliphatic carbocycles. The third-order valence-corrected chi connectivity index (χ3v) is 5.90. The molecule has 12 heteroatoms. The van der Waals surface area contributed by atoms with E-state index in [0.717, 1.165) is 74.4 Å². The van der Waals surface area contributed by atoms with Crippen LogP contribution in [0, 0.1) is 12.3 Å². The largest absolute Gasteiger partial charge is 0.490 e. The highest BCUT2D eigenvalue weighted by atomic mass is 19.4. The number of carboxylic acid groups (broad SMARTS) is 1. The van der Waals surface area contributed by atoms with Gasteiger partial charge in [0.25, 0.3) is 0 Å². The molecule has 0 bridgehead atoms. The van der Waals surface area contributed by atoms with Gasteiger partial charge in [-0.2, -0.15) is 18.3 Å². The fourth-order valence-electron chi connectivity index (χ4n) is 4.45. The molecule has 1 N–H and O–H groups in total. The highest BCUT2D eigenvalue weighted by Crippen LogP contribution is 2.38.